The minimum Gasteiger partial charge on any atom is -0.398 e. The smallest absolute Gasteiger partial charge is 0.336 e. The lowest BCUT2D eigenvalue weighted by Crippen LogP contribution is -2.38. The molecule has 0 aliphatic carbocycles. The van der Waals surface area contributed by atoms with Crippen LogP contribution >= 0.6 is 0 Å². The van der Waals surface area contributed by atoms with Crippen molar-refractivity contribution in [3.63, 3.8) is 0 Å². The molecule has 1 rings (SSSR count). The Morgan fingerprint density at radius 3 is 2.38 bits per heavy atom. The second-order valence-corrected chi connectivity index (χ2v) is 6.84. The lowest BCUT2D eigenvalue weighted by molar-refractivity contribution is -0.212. The van der Waals surface area contributed by atoms with Crippen LogP contribution in [0.5, 0.6) is 0 Å². The van der Waals surface area contributed by atoms with Gasteiger partial charge in [-0.3, -0.25) is 0 Å². The molecule has 1 unspecified atom stereocenters. The van der Waals surface area contributed by atoms with Gasteiger partial charge in [0, 0.05) is 26.7 Å². The fourth-order valence-electron chi connectivity index (χ4n) is 1.01. The highest BCUT2D eigenvalue weighted by Gasteiger charge is 2.29. The highest BCUT2D eigenvalue weighted by atomic mass is 28.4. The van der Waals surface area contributed by atoms with Crippen LogP contribution in [0.15, 0.2) is 0 Å². The highest BCUT2D eigenvalue weighted by molar-refractivity contribution is 6.65. The molecule has 0 radical (unpaired) electrons. The molecule has 0 saturated carbocycles. The largest absolute Gasteiger partial charge is 0.398 e. The third-order valence-electron chi connectivity index (χ3n) is 2.38. The van der Waals surface area contributed by atoms with E-state index in [1.807, 2.05) is 6.55 Å². The van der Waals surface area contributed by atoms with Crippen molar-refractivity contribution in [2.75, 3.05) is 27.4 Å². The molecule has 13 heavy (non-hydrogen) atoms. The minimum absolute atomic E-state index is 0.0203. The summed E-state index contributed by atoms with van der Waals surface area (Å²) in [6.45, 7) is 3.51. The molecule has 78 valence electrons. The molecule has 1 fully saturated rings. The SMILES string of the molecule is CO[Si](C)(CCOC1CCO1)OC. The summed E-state index contributed by atoms with van der Waals surface area (Å²) in [4.78, 5) is 0. The standard InChI is InChI=1S/C8H18O4Si/c1-9-13(3,10-2)7-6-12-8-4-5-11-8/h8H,4-7H2,1-3H3. The van der Waals surface area contributed by atoms with Gasteiger partial charge in [-0.15, -0.1) is 0 Å². The van der Waals surface area contributed by atoms with Gasteiger partial charge in [-0.25, -0.2) is 0 Å². The van der Waals surface area contributed by atoms with E-state index in [0.29, 0.717) is 6.61 Å². The van der Waals surface area contributed by atoms with E-state index in [1.54, 1.807) is 14.2 Å². The van der Waals surface area contributed by atoms with Crippen LogP contribution in [0, 0.1) is 0 Å². The Labute approximate surface area is 80.4 Å². The van der Waals surface area contributed by atoms with Crippen LogP contribution in [0.1, 0.15) is 6.42 Å². The van der Waals surface area contributed by atoms with E-state index < -0.39 is 8.56 Å². The normalized spacial score (nSPS) is 22.8. The van der Waals surface area contributed by atoms with Crippen LogP contribution in [0.4, 0.5) is 0 Å². The fourth-order valence-corrected chi connectivity index (χ4v) is 2.07. The van der Waals surface area contributed by atoms with Crippen molar-refractivity contribution < 1.29 is 18.3 Å². The quantitative estimate of drug-likeness (QED) is 0.610. The van der Waals surface area contributed by atoms with Crippen molar-refractivity contribution in [1.82, 2.24) is 0 Å². The molecule has 0 aromatic carbocycles. The summed E-state index contributed by atoms with van der Waals surface area (Å²) < 4.78 is 21.2. The van der Waals surface area contributed by atoms with Gasteiger partial charge in [0.1, 0.15) is 0 Å². The summed E-state index contributed by atoms with van der Waals surface area (Å²) in [6.07, 6.45) is 1.03. The van der Waals surface area contributed by atoms with Crippen LogP contribution in [0.3, 0.4) is 0 Å². The van der Waals surface area contributed by atoms with Crippen molar-refractivity contribution >= 4 is 8.56 Å². The van der Waals surface area contributed by atoms with Gasteiger partial charge < -0.3 is 18.3 Å². The first-order valence-corrected chi connectivity index (χ1v) is 7.06. The first-order valence-electron chi connectivity index (χ1n) is 4.54. The van der Waals surface area contributed by atoms with E-state index in [-0.39, 0.29) is 6.29 Å². The van der Waals surface area contributed by atoms with Gasteiger partial charge in [-0.1, -0.05) is 0 Å². The Hall–Kier alpha value is 0.0569. The van der Waals surface area contributed by atoms with Crippen LogP contribution < -0.4 is 0 Å². The first-order chi connectivity index (χ1) is 6.20. The molecule has 1 aliphatic rings. The average Bonchev–Trinajstić information content (AvgIpc) is 2.09. The average molecular weight is 206 g/mol. The number of hydrogen-bond donors (Lipinski definition) is 0. The molecule has 1 aliphatic heterocycles. The molecule has 0 aromatic heterocycles. The molecule has 0 spiro atoms. The molecular formula is C8H18O4Si. The lowest BCUT2D eigenvalue weighted by Gasteiger charge is -2.28. The Morgan fingerprint density at radius 2 is 2.00 bits per heavy atom. The summed E-state index contributed by atoms with van der Waals surface area (Å²) in [6, 6.07) is 0.847. The van der Waals surface area contributed by atoms with E-state index >= 15 is 0 Å². The van der Waals surface area contributed by atoms with E-state index in [1.165, 1.54) is 0 Å². The van der Waals surface area contributed by atoms with Crippen molar-refractivity contribution in [3.05, 3.63) is 0 Å². The predicted molar refractivity (Wildman–Crippen MR) is 50.8 cm³/mol. The Morgan fingerprint density at radius 1 is 1.38 bits per heavy atom. The number of rotatable bonds is 6. The Kier molecular flexibility index (Phi) is 4.34. The number of hydrogen-bond acceptors (Lipinski definition) is 4. The summed E-state index contributed by atoms with van der Waals surface area (Å²) in [5.74, 6) is 0. The molecular weight excluding hydrogens is 188 g/mol. The van der Waals surface area contributed by atoms with Gasteiger partial charge in [0.15, 0.2) is 6.29 Å². The molecule has 1 atom stereocenters. The van der Waals surface area contributed by atoms with Crippen LogP contribution in [-0.2, 0) is 18.3 Å². The second-order valence-electron chi connectivity index (χ2n) is 3.25. The highest BCUT2D eigenvalue weighted by Crippen LogP contribution is 2.16. The van der Waals surface area contributed by atoms with Crippen molar-refractivity contribution in [2.45, 2.75) is 25.3 Å². The van der Waals surface area contributed by atoms with Gasteiger partial charge >= 0.3 is 8.56 Å². The van der Waals surface area contributed by atoms with Crippen molar-refractivity contribution in [3.8, 4) is 0 Å². The molecule has 0 aromatic rings. The predicted octanol–water partition coefficient (Wildman–Crippen LogP) is 1.11. The summed E-state index contributed by atoms with van der Waals surface area (Å²) in [5.41, 5.74) is 0. The zero-order valence-corrected chi connectivity index (χ0v) is 9.54. The van der Waals surface area contributed by atoms with Gasteiger partial charge in [-0.2, -0.15) is 0 Å². The summed E-state index contributed by atoms with van der Waals surface area (Å²) in [5, 5.41) is 0. The fraction of sp³-hybridized carbons (Fsp3) is 1.00. The van der Waals surface area contributed by atoms with E-state index in [9.17, 15) is 0 Å². The van der Waals surface area contributed by atoms with Crippen molar-refractivity contribution in [1.29, 1.82) is 0 Å². The van der Waals surface area contributed by atoms with Gasteiger partial charge in [-0.05, 0) is 6.55 Å². The minimum atomic E-state index is -1.93. The van der Waals surface area contributed by atoms with Crippen LogP contribution in [0.25, 0.3) is 0 Å². The van der Waals surface area contributed by atoms with Crippen LogP contribution in [-0.4, -0.2) is 42.3 Å². The van der Waals surface area contributed by atoms with Crippen molar-refractivity contribution in [2.24, 2.45) is 0 Å². The first kappa shape index (κ1) is 11.1. The third-order valence-corrected chi connectivity index (χ3v) is 5.22. The molecule has 1 saturated heterocycles. The van der Waals surface area contributed by atoms with Gasteiger partial charge in [0.05, 0.1) is 13.2 Å². The van der Waals surface area contributed by atoms with Gasteiger partial charge in [0.25, 0.3) is 0 Å². The maximum Gasteiger partial charge on any atom is 0.336 e. The zero-order valence-electron chi connectivity index (χ0n) is 8.54. The zero-order chi connectivity index (χ0) is 9.73. The van der Waals surface area contributed by atoms with Gasteiger partial charge in [0.2, 0.25) is 0 Å². The molecule has 0 bridgehead atoms. The Balaban J connectivity index is 2.08. The molecule has 0 N–H and O–H groups in total. The summed E-state index contributed by atoms with van der Waals surface area (Å²) >= 11 is 0. The summed E-state index contributed by atoms with van der Waals surface area (Å²) in [7, 11) is 1.45. The third kappa shape index (κ3) is 3.36. The molecule has 4 nitrogen and oxygen atoms in total. The molecule has 0 amide bonds. The molecule has 1 heterocycles. The molecule has 5 heteroatoms. The van der Waals surface area contributed by atoms with E-state index in [4.69, 9.17) is 18.3 Å². The lowest BCUT2D eigenvalue weighted by atomic mass is 10.3. The monoisotopic (exact) mass is 206 g/mol. The van der Waals surface area contributed by atoms with E-state index in [0.717, 1.165) is 19.1 Å². The van der Waals surface area contributed by atoms with E-state index in [2.05, 4.69) is 0 Å². The maximum atomic E-state index is 5.43. The Bertz CT molecular complexity index is 145. The maximum absolute atomic E-state index is 5.43. The number of ether oxygens (including phenoxy) is 2. The topological polar surface area (TPSA) is 36.9 Å². The van der Waals surface area contributed by atoms with Crippen LogP contribution in [0.2, 0.25) is 12.6 Å². The second kappa shape index (κ2) is 5.07.